The van der Waals surface area contributed by atoms with Crippen molar-refractivity contribution in [2.45, 2.75) is 24.0 Å². The van der Waals surface area contributed by atoms with E-state index in [-0.39, 0.29) is 33.0 Å². The maximum atomic E-state index is 13.5. The molecule has 2 aromatic carbocycles. The average molecular weight is 523 g/mol. The van der Waals surface area contributed by atoms with E-state index in [9.17, 15) is 41.1 Å². The fourth-order valence-electron chi connectivity index (χ4n) is 3.75. The molecule has 0 N–H and O–H groups in total. The lowest BCUT2D eigenvalue weighted by Crippen LogP contribution is -2.51. The van der Waals surface area contributed by atoms with Crippen molar-refractivity contribution in [3.63, 3.8) is 0 Å². The SMILES string of the molecule is CC1=C(C#N)[C@@H](c2ccc(C#N)cc2[S@@](C)=O)N(S(C)(=O)=O)C(=O)N1c1cccc(C(F)(F)F)c1. The minimum atomic E-state index is -4.73. The van der Waals surface area contributed by atoms with E-state index in [0.717, 1.165) is 17.0 Å². The van der Waals surface area contributed by atoms with Gasteiger partial charge in [-0.2, -0.15) is 23.7 Å². The van der Waals surface area contributed by atoms with Crippen molar-refractivity contribution in [3.8, 4) is 12.1 Å². The van der Waals surface area contributed by atoms with Crippen LogP contribution in [0.5, 0.6) is 0 Å². The topological polar surface area (TPSA) is 122 Å². The number of halogens is 3. The highest BCUT2D eigenvalue weighted by molar-refractivity contribution is 7.89. The number of carbonyl (C=O) groups is 1. The van der Waals surface area contributed by atoms with Crippen LogP contribution in [0.1, 0.15) is 29.7 Å². The van der Waals surface area contributed by atoms with Gasteiger partial charge in [-0.15, -0.1) is 0 Å². The highest BCUT2D eigenvalue weighted by Crippen LogP contribution is 2.43. The van der Waals surface area contributed by atoms with Crippen LogP contribution in [0.15, 0.2) is 58.6 Å². The van der Waals surface area contributed by atoms with Crippen molar-refractivity contribution in [1.29, 1.82) is 10.5 Å². The number of alkyl halides is 3. The molecule has 0 fully saturated rings. The lowest BCUT2D eigenvalue weighted by molar-refractivity contribution is -0.137. The number of nitrogens with zero attached hydrogens (tertiary/aromatic N) is 4. The fraction of sp³-hybridized carbons (Fsp3) is 0.227. The Balaban J connectivity index is 2.37. The monoisotopic (exact) mass is 522 g/mol. The Kier molecular flexibility index (Phi) is 6.79. The third kappa shape index (κ3) is 4.78. The van der Waals surface area contributed by atoms with E-state index in [2.05, 4.69) is 0 Å². The molecule has 182 valence electrons. The molecule has 2 aromatic rings. The average Bonchev–Trinajstić information content (AvgIpc) is 2.77. The molecule has 13 heteroatoms. The van der Waals surface area contributed by atoms with Gasteiger partial charge in [0.2, 0.25) is 10.0 Å². The molecule has 2 amide bonds. The molecule has 0 radical (unpaired) electrons. The van der Waals surface area contributed by atoms with Gasteiger partial charge < -0.3 is 0 Å². The van der Waals surface area contributed by atoms with E-state index in [4.69, 9.17) is 0 Å². The summed E-state index contributed by atoms with van der Waals surface area (Å²) < 4.78 is 78.2. The molecule has 1 heterocycles. The second-order valence-corrected chi connectivity index (χ2v) is 10.8. The van der Waals surface area contributed by atoms with Crippen LogP contribution in [0.25, 0.3) is 0 Å². The third-order valence-electron chi connectivity index (χ3n) is 5.27. The van der Waals surface area contributed by atoms with Gasteiger partial charge in [0.25, 0.3) is 0 Å². The maximum absolute atomic E-state index is 13.5. The first-order valence-electron chi connectivity index (χ1n) is 9.71. The molecule has 0 spiro atoms. The number of carbonyl (C=O) groups excluding carboxylic acids is 1. The Morgan fingerprint density at radius 3 is 2.26 bits per heavy atom. The Labute approximate surface area is 202 Å². The normalized spacial score (nSPS) is 17.7. The summed E-state index contributed by atoms with van der Waals surface area (Å²) in [5.41, 5.74) is -1.57. The van der Waals surface area contributed by atoms with Crippen LogP contribution < -0.4 is 4.90 Å². The van der Waals surface area contributed by atoms with Crippen LogP contribution >= 0.6 is 0 Å². The van der Waals surface area contributed by atoms with E-state index in [1.54, 1.807) is 0 Å². The predicted molar refractivity (Wildman–Crippen MR) is 121 cm³/mol. The van der Waals surface area contributed by atoms with Gasteiger partial charge in [0.1, 0.15) is 6.04 Å². The number of anilines is 1. The van der Waals surface area contributed by atoms with Crippen LogP contribution in [0, 0.1) is 22.7 Å². The lowest BCUT2D eigenvalue weighted by Gasteiger charge is -2.40. The highest BCUT2D eigenvalue weighted by Gasteiger charge is 2.46. The van der Waals surface area contributed by atoms with Crippen molar-refractivity contribution >= 4 is 32.5 Å². The molecule has 0 aromatic heterocycles. The van der Waals surface area contributed by atoms with E-state index >= 15 is 0 Å². The third-order valence-corrected chi connectivity index (χ3v) is 7.32. The molecule has 2 atom stereocenters. The first-order valence-corrected chi connectivity index (χ1v) is 13.1. The number of hydrogen-bond donors (Lipinski definition) is 0. The number of benzene rings is 2. The van der Waals surface area contributed by atoms with Crippen LogP contribution in [-0.4, -0.2) is 35.5 Å². The summed E-state index contributed by atoms with van der Waals surface area (Å²) in [6, 6.07) is 8.55. The highest BCUT2D eigenvalue weighted by atomic mass is 32.2. The van der Waals surface area contributed by atoms with Gasteiger partial charge in [-0.3, -0.25) is 9.11 Å². The van der Waals surface area contributed by atoms with Gasteiger partial charge in [0.05, 0.1) is 51.6 Å². The molecule has 0 saturated carbocycles. The van der Waals surface area contributed by atoms with Gasteiger partial charge in [-0.25, -0.2) is 17.5 Å². The molecular weight excluding hydrogens is 505 g/mol. The zero-order valence-corrected chi connectivity index (χ0v) is 20.1. The van der Waals surface area contributed by atoms with Crippen molar-refractivity contribution in [2.75, 3.05) is 17.4 Å². The first-order chi connectivity index (χ1) is 16.2. The van der Waals surface area contributed by atoms with Crippen molar-refractivity contribution < 1.29 is 30.6 Å². The number of hydrogen-bond acceptors (Lipinski definition) is 6. The van der Waals surface area contributed by atoms with Gasteiger partial charge in [-0.05, 0) is 42.8 Å². The number of allylic oxidation sites excluding steroid dienone is 1. The molecule has 0 bridgehead atoms. The molecule has 3 rings (SSSR count). The maximum Gasteiger partial charge on any atom is 0.416 e. The molecule has 1 aliphatic rings. The van der Waals surface area contributed by atoms with Gasteiger partial charge in [-0.1, -0.05) is 12.1 Å². The Hall–Kier alpha value is -3.68. The van der Waals surface area contributed by atoms with E-state index < -0.39 is 44.6 Å². The summed E-state index contributed by atoms with van der Waals surface area (Å²) in [4.78, 5) is 14.3. The van der Waals surface area contributed by atoms with Crippen molar-refractivity contribution in [3.05, 3.63) is 70.4 Å². The summed E-state index contributed by atoms with van der Waals surface area (Å²) >= 11 is 0. The quantitative estimate of drug-likeness (QED) is 0.597. The van der Waals surface area contributed by atoms with E-state index in [1.807, 2.05) is 12.1 Å². The number of nitriles is 2. The summed E-state index contributed by atoms with van der Waals surface area (Å²) in [5.74, 6) is 0. The smallest absolute Gasteiger partial charge is 0.265 e. The molecular formula is C22H17F3N4O4S2. The molecule has 0 saturated heterocycles. The summed E-state index contributed by atoms with van der Waals surface area (Å²) in [6.45, 7) is 1.30. The van der Waals surface area contributed by atoms with Gasteiger partial charge in [0, 0.05) is 16.8 Å². The largest absolute Gasteiger partial charge is 0.416 e. The molecule has 0 unspecified atom stereocenters. The Morgan fingerprint density at radius 2 is 1.74 bits per heavy atom. The first kappa shape index (κ1) is 25.9. The van der Waals surface area contributed by atoms with Gasteiger partial charge in [0.15, 0.2) is 0 Å². The number of sulfonamides is 1. The summed E-state index contributed by atoms with van der Waals surface area (Å²) in [5, 5.41) is 19.2. The minimum Gasteiger partial charge on any atom is -0.265 e. The number of rotatable bonds is 4. The molecule has 1 aliphatic heterocycles. The Morgan fingerprint density at radius 1 is 1.09 bits per heavy atom. The van der Waals surface area contributed by atoms with Crippen molar-refractivity contribution in [2.24, 2.45) is 0 Å². The fourth-order valence-corrected chi connectivity index (χ4v) is 5.52. The van der Waals surface area contributed by atoms with Crippen LogP contribution in [0.3, 0.4) is 0 Å². The molecule has 8 nitrogen and oxygen atoms in total. The van der Waals surface area contributed by atoms with Crippen LogP contribution in [0.2, 0.25) is 0 Å². The van der Waals surface area contributed by atoms with E-state index in [0.29, 0.717) is 16.6 Å². The van der Waals surface area contributed by atoms with Crippen LogP contribution in [-0.2, 0) is 27.0 Å². The van der Waals surface area contributed by atoms with Crippen molar-refractivity contribution in [1.82, 2.24) is 4.31 Å². The number of amides is 2. The summed E-state index contributed by atoms with van der Waals surface area (Å²) in [6.07, 6.45) is -2.73. The molecule has 0 aliphatic carbocycles. The zero-order chi connectivity index (χ0) is 26.3. The lowest BCUT2D eigenvalue weighted by atomic mass is 9.94. The second kappa shape index (κ2) is 9.17. The minimum absolute atomic E-state index is 0.0307. The standard InChI is InChI=1S/C22H17F3N4O4S2/c1-13-18(12-27)20(17-8-7-14(11-26)9-19(17)34(2)31)29(35(3,32)33)21(30)28(13)16-6-4-5-15(10-16)22(23,24)25/h4-10,20H,1-3H3/t20-,34-/m1/s1. The predicted octanol–water partition coefficient (Wildman–Crippen LogP) is 4.05. The second-order valence-electron chi connectivity index (χ2n) is 7.56. The van der Waals surface area contributed by atoms with Crippen LogP contribution in [0.4, 0.5) is 23.7 Å². The Bertz CT molecular complexity index is 1470. The van der Waals surface area contributed by atoms with E-state index in [1.165, 1.54) is 37.4 Å². The molecule has 35 heavy (non-hydrogen) atoms. The summed E-state index contributed by atoms with van der Waals surface area (Å²) in [7, 11) is -6.15. The van der Waals surface area contributed by atoms with Gasteiger partial charge >= 0.3 is 12.2 Å². The number of urea groups is 1. The zero-order valence-electron chi connectivity index (χ0n) is 18.5.